The van der Waals surface area contributed by atoms with E-state index in [9.17, 15) is 4.79 Å². The average Bonchev–Trinajstić information content (AvgIpc) is 3.13. The van der Waals surface area contributed by atoms with Crippen LogP contribution < -0.4 is 0 Å². The summed E-state index contributed by atoms with van der Waals surface area (Å²) in [6, 6.07) is 0.602. The van der Waals surface area contributed by atoms with E-state index in [-0.39, 0.29) is 6.47 Å². The minimum absolute atomic E-state index is 0.250. The Balaban J connectivity index is 0.000000437. The number of carbonyl (C=O) groups is 2. The highest BCUT2D eigenvalue weighted by molar-refractivity contribution is 5.78. The van der Waals surface area contributed by atoms with Crippen molar-refractivity contribution in [3.05, 3.63) is 0 Å². The molecule has 0 aromatic carbocycles. The van der Waals surface area contributed by atoms with Crippen molar-refractivity contribution in [1.29, 1.82) is 0 Å². The summed E-state index contributed by atoms with van der Waals surface area (Å²) in [5.74, 6) is 0.411. The minimum atomic E-state index is -0.250. The molecule has 0 radical (unpaired) electrons. The number of amides is 1. The maximum absolute atomic E-state index is 12.0. The minimum Gasteiger partial charge on any atom is -0.483 e. The Bertz CT molecular complexity index is 270. The molecule has 0 heterocycles. The first-order valence-corrected chi connectivity index (χ1v) is 6.43. The predicted molar refractivity (Wildman–Crippen MR) is 65.7 cm³/mol. The van der Waals surface area contributed by atoms with Crippen LogP contribution in [-0.2, 0) is 9.59 Å². The van der Waals surface area contributed by atoms with Crippen LogP contribution in [0.4, 0.5) is 0 Å². The summed E-state index contributed by atoms with van der Waals surface area (Å²) in [7, 11) is 0. The topological polar surface area (TPSA) is 57.6 Å². The SMILES string of the molecule is CCCN(C(=O)CC1(C)CC1)C1CC1.O=CO. The van der Waals surface area contributed by atoms with Crippen LogP contribution in [0, 0.1) is 5.41 Å². The Labute approximate surface area is 103 Å². The van der Waals surface area contributed by atoms with Crippen molar-refractivity contribution in [2.24, 2.45) is 5.41 Å². The Hall–Kier alpha value is -1.06. The van der Waals surface area contributed by atoms with Crippen LogP contribution in [0.25, 0.3) is 0 Å². The van der Waals surface area contributed by atoms with E-state index >= 15 is 0 Å². The molecule has 1 N–H and O–H groups in total. The summed E-state index contributed by atoms with van der Waals surface area (Å²) in [5.41, 5.74) is 0.373. The van der Waals surface area contributed by atoms with Crippen LogP contribution in [0.2, 0.25) is 0 Å². The third kappa shape index (κ3) is 4.75. The van der Waals surface area contributed by atoms with Crippen molar-refractivity contribution in [3.63, 3.8) is 0 Å². The van der Waals surface area contributed by atoms with Crippen molar-refractivity contribution >= 4 is 12.4 Å². The van der Waals surface area contributed by atoms with Crippen LogP contribution in [0.5, 0.6) is 0 Å². The van der Waals surface area contributed by atoms with Crippen LogP contribution in [0.3, 0.4) is 0 Å². The number of rotatable bonds is 5. The van der Waals surface area contributed by atoms with Crippen molar-refractivity contribution in [3.8, 4) is 0 Å². The standard InChI is InChI=1S/C12H21NO.CH2O2/c1-3-8-13(10-4-5-10)11(14)9-12(2)6-7-12;2-1-3/h10H,3-9H2,1-2H3;1H,(H,2,3). The van der Waals surface area contributed by atoms with Gasteiger partial charge in [-0.1, -0.05) is 13.8 Å². The van der Waals surface area contributed by atoms with Gasteiger partial charge in [0.25, 0.3) is 6.47 Å². The van der Waals surface area contributed by atoms with E-state index in [1.165, 1.54) is 25.7 Å². The third-order valence-corrected chi connectivity index (χ3v) is 3.45. The van der Waals surface area contributed by atoms with Gasteiger partial charge < -0.3 is 10.0 Å². The number of nitrogens with zero attached hydrogens (tertiary/aromatic N) is 1. The smallest absolute Gasteiger partial charge is 0.290 e. The van der Waals surface area contributed by atoms with E-state index in [4.69, 9.17) is 9.90 Å². The highest BCUT2D eigenvalue weighted by Crippen LogP contribution is 2.48. The Morgan fingerprint density at radius 3 is 2.35 bits per heavy atom. The van der Waals surface area contributed by atoms with Crippen LogP contribution in [0.15, 0.2) is 0 Å². The zero-order valence-electron chi connectivity index (χ0n) is 10.8. The second kappa shape index (κ2) is 6.03. The van der Waals surface area contributed by atoms with Gasteiger partial charge >= 0.3 is 0 Å². The van der Waals surface area contributed by atoms with Gasteiger partial charge in [-0.2, -0.15) is 0 Å². The Morgan fingerprint density at radius 1 is 1.47 bits per heavy atom. The fraction of sp³-hybridized carbons (Fsp3) is 0.846. The fourth-order valence-corrected chi connectivity index (χ4v) is 1.99. The summed E-state index contributed by atoms with van der Waals surface area (Å²) in [4.78, 5) is 22.5. The molecule has 2 rings (SSSR count). The van der Waals surface area contributed by atoms with E-state index in [0.29, 0.717) is 17.4 Å². The van der Waals surface area contributed by atoms with E-state index in [1.807, 2.05) is 0 Å². The lowest BCUT2D eigenvalue weighted by atomic mass is 10.0. The highest BCUT2D eigenvalue weighted by Gasteiger charge is 2.42. The van der Waals surface area contributed by atoms with Gasteiger partial charge in [0.05, 0.1) is 0 Å². The lowest BCUT2D eigenvalue weighted by Gasteiger charge is -2.23. The van der Waals surface area contributed by atoms with Crippen molar-refractivity contribution < 1.29 is 14.7 Å². The second-order valence-electron chi connectivity index (χ2n) is 5.41. The maximum atomic E-state index is 12.0. The molecular formula is C13H23NO3. The fourth-order valence-electron chi connectivity index (χ4n) is 1.99. The van der Waals surface area contributed by atoms with Crippen molar-refractivity contribution in [1.82, 2.24) is 4.90 Å². The molecule has 0 aromatic heterocycles. The van der Waals surface area contributed by atoms with Crippen molar-refractivity contribution in [2.75, 3.05) is 6.54 Å². The summed E-state index contributed by atoms with van der Waals surface area (Å²) in [6.45, 7) is 5.11. The van der Waals surface area contributed by atoms with E-state index in [0.717, 1.165) is 19.4 Å². The van der Waals surface area contributed by atoms with Gasteiger partial charge in [-0.3, -0.25) is 9.59 Å². The first-order valence-electron chi connectivity index (χ1n) is 6.43. The van der Waals surface area contributed by atoms with Crippen LogP contribution in [0.1, 0.15) is 52.4 Å². The highest BCUT2D eigenvalue weighted by atomic mass is 16.3. The van der Waals surface area contributed by atoms with E-state index in [2.05, 4.69) is 18.7 Å². The van der Waals surface area contributed by atoms with Gasteiger partial charge in [0.15, 0.2) is 0 Å². The summed E-state index contributed by atoms with van der Waals surface area (Å²) < 4.78 is 0. The molecule has 0 bridgehead atoms. The summed E-state index contributed by atoms with van der Waals surface area (Å²) in [6.07, 6.45) is 6.88. The van der Waals surface area contributed by atoms with Gasteiger partial charge in [-0.15, -0.1) is 0 Å². The molecule has 0 saturated heterocycles. The molecule has 0 spiro atoms. The molecule has 17 heavy (non-hydrogen) atoms. The lowest BCUT2D eigenvalue weighted by Crippen LogP contribution is -2.34. The third-order valence-electron chi connectivity index (χ3n) is 3.45. The molecule has 4 nitrogen and oxygen atoms in total. The quantitative estimate of drug-likeness (QED) is 0.751. The molecule has 1 amide bonds. The second-order valence-corrected chi connectivity index (χ2v) is 5.41. The number of hydrogen-bond donors (Lipinski definition) is 1. The first kappa shape index (κ1) is 14.0. The largest absolute Gasteiger partial charge is 0.483 e. The Kier molecular flexibility index (Phi) is 4.97. The normalized spacial score (nSPS) is 19.9. The molecule has 0 atom stereocenters. The molecule has 98 valence electrons. The predicted octanol–water partition coefficient (Wildman–Crippen LogP) is 2.28. The van der Waals surface area contributed by atoms with Gasteiger partial charge in [-0.25, -0.2) is 0 Å². The van der Waals surface area contributed by atoms with Gasteiger partial charge in [0.1, 0.15) is 0 Å². The molecule has 2 aliphatic carbocycles. The van der Waals surface area contributed by atoms with Gasteiger partial charge in [0, 0.05) is 19.0 Å². The number of carbonyl (C=O) groups excluding carboxylic acids is 1. The molecule has 0 aliphatic heterocycles. The zero-order chi connectivity index (χ0) is 12.9. The molecule has 2 aliphatic rings. The van der Waals surface area contributed by atoms with Gasteiger partial charge in [0.2, 0.25) is 5.91 Å². The zero-order valence-corrected chi connectivity index (χ0v) is 10.8. The monoisotopic (exact) mass is 241 g/mol. The number of hydrogen-bond acceptors (Lipinski definition) is 2. The average molecular weight is 241 g/mol. The maximum Gasteiger partial charge on any atom is 0.290 e. The van der Waals surface area contributed by atoms with Crippen molar-refractivity contribution in [2.45, 2.75) is 58.4 Å². The lowest BCUT2D eigenvalue weighted by molar-refractivity contribution is -0.133. The molecule has 0 unspecified atom stereocenters. The molecule has 4 heteroatoms. The summed E-state index contributed by atoms with van der Waals surface area (Å²) >= 11 is 0. The molecule has 2 saturated carbocycles. The van der Waals surface area contributed by atoms with E-state index < -0.39 is 0 Å². The molecule has 0 aromatic rings. The van der Waals surface area contributed by atoms with E-state index in [1.54, 1.807) is 0 Å². The molecular weight excluding hydrogens is 218 g/mol. The first-order chi connectivity index (χ1) is 8.06. The Morgan fingerprint density at radius 2 is 2.00 bits per heavy atom. The summed E-state index contributed by atoms with van der Waals surface area (Å²) in [5, 5.41) is 6.89. The van der Waals surface area contributed by atoms with Crippen LogP contribution >= 0.6 is 0 Å². The van der Waals surface area contributed by atoms with Gasteiger partial charge in [-0.05, 0) is 37.5 Å². The van der Waals surface area contributed by atoms with Crippen LogP contribution in [-0.4, -0.2) is 35.0 Å². The molecule has 2 fully saturated rings. The number of carboxylic acid groups (broad SMARTS) is 1.